The van der Waals surface area contributed by atoms with Crippen molar-refractivity contribution in [1.82, 2.24) is 15.2 Å². The van der Waals surface area contributed by atoms with E-state index in [1.54, 1.807) is 0 Å². The van der Waals surface area contributed by atoms with Crippen molar-refractivity contribution in [2.45, 2.75) is 44.6 Å². The number of hydrogen-bond acceptors (Lipinski definition) is 3. The van der Waals surface area contributed by atoms with Crippen LogP contribution in [0.1, 0.15) is 49.0 Å². The standard InChI is InChI=1S/C16H24FN3O/c1-20(13-7-3-2-4-8-13)12-6-11-18-16(21)14-9-5-10-15(17)19-14/h5,9-10,13H,2-4,6-8,11-12H2,1H3,(H,18,21). The van der Waals surface area contributed by atoms with Crippen LogP contribution in [0.5, 0.6) is 0 Å². The van der Waals surface area contributed by atoms with Crippen molar-refractivity contribution in [3.05, 3.63) is 29.8 Å². The summed E-state index contributed by atoms with van der Waals surface area (Å²) >= 11 is 0. The Kier molecular flexibility index (Phi) is 6.11. The zero-order valence-corrected chi connectivity index (χ0v) is 12.6. The highest BCUT2D eigenvalue weighted by molar-refractivity contribution is 5.92. The minimum atomic E-state index is -0.625. The number of rotatable bonds is 6. The molecule has 1 aliphatic rings. The maximum atomic E-state index is 12.9. The number of carbonyl (C=O) groups excluding carboxylic acids is 1. The maximum Gasteiger partial charge on any atom is 0.269 e. The molecule has 1 heterocycles. The Morgan fingerprint density at radius 1 is 1.38 bits per heavy atom. The molecule has 0 atom stereocenters. The van der Waals surface area contributed by atoms with Crippen LogP contribution in [0.3, 0.4) is 0 Å². The van der Waals surface area contributed by atoms with Crippen LogP contribution < -0.4 is 5.32 Å². The van der Waals surface area contributed by atoms with E-state index in [0.717, 1.165) is 13.0 Å². The van der Waals surface area contributed by atoms with Crippen LogP contribution in [-0.4, -0.2) is 42.0 Å². The fraction of sp³-hybridized carbons (Fsp3) is 0.625. The van der Waals surface area contributed by atoms with Crippen molar-refractivity contribution in [1.29, 1.82) is 0 Å². The Morgan fingerprint density at radius 2 is 2.14 bits per heavy atom. The number of hydrogen-bond donors (Lipinski definition) is 1. The summed E-state index contributed by atoms with van der Waals surface area (Å²) in [5.74, 6) is -0.936. The van der Waals surface area contributed by atoms with Crippen LogP contribution >= 0.6 is 0 Å². The van der Waals surface area contributed by atoms with Gasteiger partial charge in [0.2, 0.25) is 5.95 Å². The zero-order valence-electron chi connectivity index (χ0n) is 12.6. The van der Waals surface area contributed by atoms with Crippen molar-refractivity contribution >= 4 is 5.91 Å². The second-order valence-electron chi connectivity index (χ2n) is 5.73. The molecule has 0 bridgehead atoms. The summed E-state index contributed by atoms with van der Waals surface area (Å²) in [7, 11) is 2.16. The molecule has 1 aromatic rings. The Bertz CT molecular complexity index is 461. The average Bonchev–Trinajstić information content (AvgIpc) is 2.52. The first-order chi connectivity index (χ1) is 10.2. The second kappa shape index (κ2) is 8.08. The van der Waals surface area contributed by atoms with E-state index in [1.807, 2.05) is 0 Å². The molecule has 0 spiro atoms. The molecule has 1 fully saturated rings. The minimum absolute atomic E-state index is 0.135. The highest BCUT2D eigenvalue weighted by atomic mass is 19.1. The third-order valence-corrected chi connectivity index (χ3v) is 4.12. The summed E-state index contributed by atoms with van der Waals surface area (Å²) in [6.45, 7) is 1.57. The highest BCUT2D eigenvalue weighted by Crippen LogP contribution is 2.21. The van der Waals surface area contributed by atoms with Crippen molar-refractivity contribution in [2.75, 3.05) is 20.1 Å². The third kappa shape index (κ3) is 5.08. The van der Waals surface area contributed by atoms with Gasteiger partial charge in [0.25, 0.3) is 5.91 Å². The van der Waals surface area contributed by atoms with Crippen molar-refractivity contribution < 1.29 is 9.18 Å². The normalized spacial score (nSPS) is 16.1. The van der Waals surface area contributed by atoms with E-state index < -0.39 is 5.95 Å². The lowest BCUT2D eigenvalue weighted by Crippen LogP contribution is -2.36. The molecule has 4 nitrogen and oxygen atoms in total. The van der Waals surface area contributed by atoms with Gasteiger partial charge in [0.05, 0.1) is 0 Å². The number of amides is 1. The van der Waals surface area contributed by atoms with E-state index in [-0.39, 0.29) is 11.6 Å². The van der Waals surface area contributed by atoms with Gasteiger partial charge < -0.3 is 10.2 Å². The minimum Gasteiger partial charge on any atom is -0.351 e. The Hall–Kier alpha value is -1.49. The summed E-state index contributed by atoms with van der Waals surface area (Å²) in [6.07, 6.45) is 7.50. The molecule has 1 aromatic heterocycles. The number of halogens is 1. The van der Waals surface area contributed by atoms with Gasteiger partial charge in [0.1, 0.15) is 5.69 Å². The van der Waals surface area contributed by atoms with Gasteiger partial charge in [-0.3, -0.25) is 4.79 Å². The molecular formula is C16H24FN3O. The first-order valence-corrected chi connectivity index (χ1v) is 7.78. The molecule has 21 heavy (non-hydrogen) atoms. The van der Waals surface area contributed by atoms with Gasteiger partial charge in [-0.05, 0) is 45.0 Å². The highest BCUT2D eigenvalue weighted by Gasteiger charge is 2.17. The topological polar surface area (TPSA) is 45.2 Å². The molecule has 0 unspecified atom stereocenters. The summed E-state index contributed by atoms with van der Waals surface area (Å²) in [4.78, 5) is 17.8. The number of carbonyl (C=O) groups is 1. The van der Waals surface area contributed by atoms with Crippen molar-refractivity contribution in [3.63, 3.8) is 0 Å². The molecule has 0 aliphatic heterocycles. The zero-order chi connectivity index (χ0) is 15.1. The average molecular weight is 293 g/mol. The van der Waals surface area contributed by atoms with Gasteiger partial charge in [-0.25, -0.2) is 4.98 Å². The molecule has 0 radical (unpaired) electrons. The van der Waals surface area contributed by atoms with Crippen LogP contribution in [0.15, 0.2) is 18.2 Å². The van der Waals surface area contributed by atoms with Crippen LogP contribution in [0.25, 0.3) is 0 Å². The van der Waals surface area contributed by atoms with E-state index in [9.17, 15) is 9.18 Å². The first-order valence-electron chi connectivity index (χ1n) is 7.78. The van der Waals surface area contributed by atoms with Crippen LogP contribution in [0.2, 0.25) is 0 Å². The monoisotopic (exact) mass is 293 g/mol. The van der Waals surface area contributed by atoms with Gasteiger partial charge >= 0.3 is 0 Å². The summed E-state index contributed by atoms with van der Waals surface area (Å²) in [5.41, 5.74) is 0.135. The fourth-order valence-electron chi connectivity index (χ4n) is 2.86. The number of pyridine rings is 1. The quantitative estimate of drug-likeness (QED) is 0.648. The maximum absolute atomic E-state index is 12.9. The predicted octanol–water partition coefficient (Wildman–Crippen LogP) is 2.61. The van der Waals surface area contributed by atoms with Gasteiger partial charge in [0.15, 0.2) is 0 Å². The third-order valence-electron chi connectivity index (χ3n) is 4.12. The lowest BCUT2D eigenvalue weighted by atomic mass is 9.94. The molecule has 0 aromatic carbocycles. The van der Waals surface area contributed by atoms with E-state index in [0.29, 0.717) is 12.6 Å². The Balaban J connectivity index is 1.66. The Morgan fingerprint density at radius 3 is 2.86 bits per heavy atom. The molecule has 5 heteroatoms. The molecular weight excluding hydrogens is 269 g/mol. The summed E-state index contributed by atoms with van der Waals surface area (Å²) in [5, 5.41) is 2.79. The Labute approximate surface area is 125 Å². The van der Waals surface area contributed by atoms with Gasteiger partial charge in [-0.2, -0.15) is 4.39 Å². The number of nitrogens with zero attached hydrogens (tertiary/aromatic N) is 2. The molecule has 2 rings (SSSR count). The summed E-state index contributed by atoms with van der Waals surface area (Å²) < 4.78 is 12.9. The van der Waals surface area contributed by atoms with Crippen LogP contribution in [-0.2, 0) is 0 Å². The van der Waals surface area contributed by atoms with E-state index in [4.69, 9.17) is 0 Å². The molecule has 1 N–H and O–H groups in total. The first kappa shape index (κ1) is 15.9. The lowest BCUT2D eigenvalue weighted by Gasteiger charge is -2.31. The summed E-state index contributed by atoms with van der Waals surface area (Å²) in [6, 6.07) is 4.94. The van der Waals surface area contributed by atoms with Gasteiger partial charge in [-0.1, -0.05) is 25.3 Å². The van der Waals surface area contributed by atoms with Gasteiger partial charge in [0, 0.05) is 12.6 Å². The molecule has 116 valence electrons. The smallest absolute Gasteiger partial charge is 0.269 e. The van der Waals surface area contributed by atoms with E-state index in [2.05, 4.69) is 22.2 Å². The van der Waals surface area contributed by atoms with Crippen LogP contribution in [0.4, 0.5) is 4.39 Å². The largest absolute Gasteiger partial charge is 0.351 e. The lowest BCUT2D eigenvalue weighted by molar-refractivity contribution is 0.0944. The van der Waals surface area contributed by atoms with Crippen molar-refractivity contribution in [2.24, 2.45) is 0 Å². The SMILES string of the molecule is CN(CCCNC(=O)c1cccc(F)n1)C1CCCCC1. The fourth-order valence-corrected chi connectivity index (χ4v) is 2.86. The van der Waals surface area contributed by atoms with Gasteiger partial charge in [-0.15, -0.1) is 0 Å². The predicted molar refractivity (Wildman–Crippen MR) is 80.6 cm³/mol. The number of nitrogens with one attached hydrogen (secondary N) is 1. The molecule has 1 aliphatic carbocycles. The van der Waals surface area contributed by atoms with Crippen LogP contribution in [0, 0.1) is 5.95 Å². The van der Waals surface area contributed by atoms with Crippen molar-refractivity contribution in [3.8, 4) is 0 Å². The second-order valence-corrected chi connectivity index (χ2v) is 5.73. The number of aromatic nitrogens is 1. The van der Waals surface area contributed by atoms with E-state index in [1.165, 1.54) is 50.3 Å². The molecule has 1 amide bonds. The molecule has 0 saturated heterocycles. The molecule has 1 saturated carbocycles. The van der Waals surface area contributed by atoms with E-state index >= 15 is 0 Å².